The fourth-order valence-corrected chi connectivity index (χ4v) is 4.50. The molecule has 0 saturated carbocycles. The van der Waals surface area contributed by atoms with Crippen LogP contribution in [-0.2, 0) is 10.9 Å². The average Bonchev–Trinajstić information content (AvgIpc) is 3.13. The van der Waals surface area contributed by atoms with Crippen molar-refractivity contribution in [1.29, 1.82) is 0 Å². The van der Waals surface area contributed by atoms with Crippen LogP contribution in [0.1, 0.15) is 61.6 Å². The summed E-state index contributed by atoms with van der Waals surface area (Å²) in [6.45, 7) is 6.54. The molecule has 1 saturated heterocycles. The Bertz CT molecular complexity index is 1100. The van der Waals surface area contributed by atoms with E-state index in [1.54, 1.807) is 4.90 Å². The molecular formula is C24H26F3N3O3. The number of allylic oxidation sites excluding steroid dienone is 2. The summed E-state index contributed by atoms with van der Waals surface area (Å²) in [5, 5.41) is 4.11. The molecule has 4 rings (SSSR count). The van der Waals surface area contributed by atoms with Crippen LogP contribution in [-0.4, -0.2) is 45.8 Å². The molecule has 0 N–H and O–H groups in total. The zero-order valence-corrected chi connectivity index (χ0v) is 18.8. The van der Waals surface area contributed by atoms with E-state index in [4.69, 9.17) is 4.74 Å². The summed E-state index contributed by atoms with van der Waals surface area (Å²) >= 11 is 0. The number of likely N-dealkylation sites (tertiary alicyclic amines) is 1. The van der Waals surface area contributed by atoms with Gasteiger partial charge >= 0.3 is 12.3 Å². The number of alkyl halides is 3. The van der Waals surface area contributed by atoms with Crippen LogP contribution in [0.2, 0.25) is 0 Å². The van der Waals surface area contributed by atoms with Crippen LogP contribution in [0, 0.1) is 5.41 Å². The van der Waals surface area contributed by atoms with Crippen molar-refractivity contribution in [1.82, 2.24) is 14.7 Å². The maximum absolute atomic E-state index is 13.6. The Hall–Kier alpha value is -3.10. The van der Waals surface area contributed by atoms with Gasteiger partial charge in [-0.2, -0.15) is 18.3 Å². The lowest BCUT2D eigenvalue weighted by Gasteiger charge is -2.46. The van der Waals surface area contributed by atoms with E-state index in [1.807, 2.05) is 26.8 Å². The number of hydrogen-bond donors (Lipinski definition) is 0. The molecule has 9 heteroatoms. The molecule has 1 aromatic heterocycles. The number of para-hydroxylation sites is 1. The molecule has 0 unspecified atom stereocenters. The average molecular weight is 461 g/mol. The number of carbonyl (C=O) groups excluding carboxylic acids is 2. The predicted molar refractivity (Wildman–Crippen MR) is 116 cm³/mol. The first-order valence-corrected chi connectivity index (χ1v) is 10.8. The van der Waals surface area contributed by atoms with Gasteiger partial charge in [-0.1, -0.05) is 18.2 Å². The Morgan fingerprint density at radius 1 is 1.15 bits per heavy atom. The third kappa shape index (κ3) is 4.54. The van der Waals surface area contributed by atoms with Gasteiger partial charge in [-0.25, -0.2) is 9.48 Å². The Labute approximate surface area is 190 Å². The molecule has 1 amide bonds. The van der Waals surface area contributed by atoms with Crippen LogP contribution in [0.4, 0.5) is 18.0 Å². The first-order valence-electron chi connectivity index (χ1n) is 10.8. The highest BCUT2D eigenvalue weighted by molar-refractivity contribution is 5.87. The smallest absolute Gasteiger partial charge is 0.418 e. The Morgan fingerprint density at radius 2 is 1.79 bits per heavy atom. The maximum atomic E-state index is 13.6. The molecule has 0 bridgehead atoms. The highest BCUT2D eigenvalue weighted by Crippen LogP contribution is 2.51. The fourth-order valence-electron chi connectivity index (χ4n) is 4.50. The molecule has 2 aliphatic rings. The lowest BCUT2D eigenvalue weighted by atomic mass is 9.64. The number of amides is 1. The van der Waals surface area contributed by atoms with Gasteiger partial charge in [-0.3, -0.25) is 4.79 Å². The molecule has 0 atom stereocenters. The Kier molecular flexibility index (Phi) is 5.62. The summed E-state index contributed by atoms with van der Waals surface area (Å²) in [4.78, 5) is 25.6. The largest absolute Gasteiger partial charge is 0.444 e. The monoisotopic (exact) mass is 461 g/mol. The molecule has 176 valence electrons. The van der Waals surface area contributed by atoms with Crippen molar-refractivity contribution in [2.75, 3.05) is 13.1 Å². The zero-order valence-electron chi connectivity index (χ0n) is 18.8. The molecule has 1 aliphatic carbocycles. The van der Waals surface area contributed by atoms with Crippen LogP contribution in [0.15, 0.2) is 36.5 Å². The second-order valence-electron chi connectivity index (χ2n) is 9.67. The molecule has 33 heavy (non-hydrogen) atoms. The number of halogens is 3. The summed E-state index contributed by atoms with van der Waals surface area (Å²) in [5.41, 5.74) is -0.209. The molecule has 1 aromatic carbocycles. The molecule has 6 nitrogen and oxygen atoms in total. The van der Waals surface area contributed by atoms with Crippen molar-refractivity contribution >= 4 is 18.0 Å². The predicted octanol–water partition coefficient (Wildman–Crippen LogP) is 5.51. The van der Waals surface area contributed by atoms with Gasteiger partial charge in [0.05, 0.1) is 28.7 Å². The normalized spacial score (nSPS) is 18.0. The number of carbonyl (C=O) groups is 2. The number of hydrogen-bond acceptors (Lipinski definition) is 4. The van der Waals surface area contributed by atoms with E-state index >= 15 is 0 Å². The van der Waals surface area contributed by atoms with E-state index in [0.717, 1.165) is 24.5 Å². The van der Waals surface area contributed by atoms with Crippen molar-refractivity contribution in [3.63, 3.8) is 0 Å². The highest BCUT2D eigenvalue weighted by atomic mass is 19.4. The summed E-state index contributed by atoms with van der Waals surface area (Å²) in [5.74, 6) is 0. The number of ether oxygens (including phenoxy) is 1. The zero-order chi connectivity index (χ0) is 24.0. The van der Waals surface area contributed by atoms with Gasteiger partial charge in [-0.05, 0) is 63.2 Å². The third-order valence-corrected chi connectivity index (χ3v) is 6.10. The third-order valence-electron chi connectivity index (χ3n) is 6.10. The van der Waals surface area contributed by atoms with Crippen LogP contribution in [0.25, 0.3) is 11.3 Å². The highest BCUT2D eigenvalue weighted by Gasteiger charge is 2.43. The number of aldehydes is 1. The minimum atomic E-state index is -4.55. The number of aromatic nitrogens is 2. The quantitative estimate of drug-likeness (QED) is 0.566. The lowest BCUT2D eigenvalue weighted by molar-refractivity contribution is -0.137. The van der Waals surface area contributed by atoms with E-state index in [1.165, 1.54) is 29.1 Å². The van der Waals surface area contributed by atoms with Crippen LogP contribution in [0.5, 0.6) is 0 Å². The van der Waals surface area contributed by atoms with Crippen molar-refractivity contribution < 1.29 is 27.5 Å². The second-order valence-corrected chi connectivity index (χ2v) is 9.67. The number of rotatable bonds is 3. The van der Waals surface area contributed by atoms with Crippen LogP contribution < -0.4 is 0 Å². The molecule has 1 fully saturated rings. The molecule has 1 spiro atoms. The molecule has 1 aliphatic heterocycles. The van der Waals surface area contributed by atoms with E-state index in [9.17, 15) is 22.8 Å². The summed E-state index contributed by atoms with van der Waals surface area (Å²) in [6, 6.07) is 5.19. The molecular weight excluding hydrogens is 435 g/mol. The Morgan fingerprint density at radius 3 is 2.36 bits per heavy atom. The molecule has 0 radical (unpaired) electrons. The minimum absolute atomic E-state index is 0.116. The van der Waals surface area contributed by atoms with Crippen LogP contribution in [0.3, 0.4) is 0 Å². The van der Waals surface area contributed by atoms with Crippen LogP contribution >= 0.6 is 0 Å². The number of nitrogens with zero attached hydrogens (tertiary/aromatic N) is 3. The second kappa shape index (κ2) is 8.04. The SMILES string of the molecule is CC(C)(C)OC(=O)N1CCC2(C=C(c3c(C=O)cnn3-c3ccccc3C(F)(F)F)C2)CC1. The Balaban J connectivity index is 1.58. The summed E-state index contributed by atoms with van der Waals surface area (Å²) in [7, 11) is 0. The molecule has 2 aromatic rings. The van der Waals surface area contributed by atoms with Crippen molar-refractivity contribution in [2.24, 2.45) is 5.41 Å². The van der Waals surface area contributed by atoms with Gasteiger partial charge in [-0.15, -0.1) is 0 Å². The minimum Gasteiger partial charge on any atom is -0.444 e. The fraction of sp³-hybridized carbons (Fsp3) is 0.458. The van der Waals surface area contributed by atoms with Gasteiger partial charge in [0.25, 0.3) is 0 Å². The van der Waals surface area contributed by atoms with E-state index in [2.05, 4.69) is 5.10 Å². The van der Waals surface area contributed by atoms with E-state index in [-0.39, 0.29) is 22.8 Å². The van der Waals surface area contributed by atoms with Crippen molar-refractivity contribution in [3.8, 4) is 5.69 Å². The van der Waals surface area contributed by atoms with Crippen molar-refractivity contribution in [3.05, 3.63) is 53.4 Å². The van der Waals surface area contributed by atoms with E-state index in [0.29, 0.717) is 31.5 Å². The number of piperidine rings is 1. The number of benzene rings is 1. The first-order chi connectivity index (χ1) is 15.4. The van der Waals surface area contributed by atoms with E-state index < -0.39 is 17.3 Å². The van der Waals surface area contributed by atoms with Gasteiger partial charge in [0.15, 0.2) is 6.29 Å². The topological polar surface area (TPSA) is 64.4 Å². The van der Waals surface area contributed by atoms with Gasteiger partial charge in [0.2, 0.25) is 0 Å². The summed E-state index contributed by atoms with van der Waals surface area (Å²) in [6.07, 6.45) is 1.10. The van der Waals surface area contributed by atoms with Gasteiger partial charge < -0.3 is 9.64 Å². The maximum Gasteiger partial charge on any atom is 0.418 e. The lowest BCUT2D eigenvalue weighted by Crippen LogP contribution is -2.46. The summed E-state index contributed by atoms with van der Waals surface area (Å²) < 4.78 is 47.4. The van der Waals surface area contributed by atoms with Crippen molar-refractivity contribution in [2.45, 2.75) is 51.8 Å². The van der Waals surface area contributed by atoms with Gasteiger partial charge in [0.1, 0.15) is 5.60 Å². The molecule has 2 heterocycles. The first kappa shape index (κ1) is 23.1. The standard InChI is InChI=1S/C24H26F3N3O3/c1-22(2,3)33-21(32)29-10-8-23(9-11-29)12-16(13-23)20-17(15-31)14-28-30(20)19-7-5-4-6-18(19)24(25,26)27/h4-7,12,14-15H,8-11,13H2,1-3H3. The van der Waals surface area contributed by atoms with Gasteiger partial charge in [0, 0.05) is 13.1 Å².